The second-order valence-corrected chi connectivity index (χ2v) is 5.75. The first kappa shape index (κ1) is 13.1. The van der Waals surface area contributed by atoms with Gasteiger partial charge in [0.25, 0.3) is 0 Å². The average molecular weight is 334 g/mol. The maximum atomic E-state index is 6.04. The topological polar surface area (TPSA) is 15.3 Å². The first-order valence-electron chi connectivity index (χ1n) is 5.68. The summed E-state index contributed by atoms with van der Waals surface area (Å²) in [4.78, 5) is 2.22. The zero-order valence-electron chi connectivity index (χ0n) is 9.38. The van der Waals surface area contributed by atoms with Crippen LogP contribution in [-0.2, 0) is 0 Å². The van der Waals surface area contributed by atoms with Gasteiger partial charge in [0.15, 0.2) is 5.11 Å². The SMILES string of the molecule is S=C(Nc1ccc(Br)c(Cl)c1)N1CCCCC1. The summed E-state index contributed by atoms with van der Waals surface area (Å²) in [5.41, 5.74) is 0.939. The zero-order valence-corrected chi connectivity index (χ0v) is 12.5. The van der Waals surface area contributed by atoms with E-state index in [0.29, 0.717) is 5.02 Å². The Bertz CT molecular complexity index is 419. The smallest absolute Gasteiger partial charge is 0.173 e. The number of nitrogens with one attached hydrogen (secondary N) is 1. The highest BCUT2D eigenvalue weighted by molar-refractivity contribution is 9.10. The summed E-state index contributed by atoms with van der Waals surface area (Å²) in [6.45, 7) is 2.10. The lowest BCUT2D eigenvalue weighted by Gasteiger charge is -2.29. The molecule has 0 atom stereocenters. The third-order valence-corrected chi connectivity index (χ3v) is 4.41. The molecule has 0 bridgehead atoms. The van der Waals surface area contributed by atoms with Crippen molar-refractivity contribution in [3.63, 3.8) is 0 Å². The molecule has 1 aliphatic rings. The van der Waals surface area contributed by atoms with E-state index in [1.807, 2.05) is 18.2 Å². The average Bonchev–Trinajstić information content (AvgIpc) is 2.35. The molecule has 0 unspecified atom stereocenters. The van der Waals surface area contributed by atoms with Gasteiger partial charge in [-0.25, -0.2) is 0 Å². The van der Waals surface area contributed by atoms with Crippen LogP contribution in [0.3, 0.4) is 0 Å². The van der Waals surface area contributed by atoms with Crippen molar-refractivity contribution in [3.05, 3.63) is 27.7 Å². The molecular weight excluding hydrogens is 320 g/mol. The van der Waals surface area contributed by atoms with Gasteiger partial charge in [-0.2, -0.15) is 0 Å². The Morgan fingerprint density at radius 2 is 2.00 bits per heavy atom. The molecule has 1 saturated heterocycles. The fourth-order valence-corrected chi connectivity index (χ4v) is 2.60. The highest BCUT2D eigenvalue weighted by Gasteiger charge is 2.13. The second-order valence-electron chi connectivity index (χ2n) is 4.11. The number of piperidine rings is 1. The van der Waals surface area contributed by atoms with Crippen LogP contribution in [0.4, 0.5) is 5.69 Å². The van der Waals surface area contributed by atoms with Crippen LogP contribution in [0.1, 0.15) is 19.3 Å². The van der Waals surface area contributed by atoms with Crippen LogP contribution in [-0.4, -0.2) is 23.1 Å². The van der Waals surface area contributed by atoms with E-state index in [1.54, 1.807) is 0 Å². The van der Waals surface area contributed by atoms with E-state index in [1.165, 1.54) is 19.3 Å². The van der Waals surface area contributed by atoms with Crippen LogP contribution in [0.25, 0.3) is 0 Å². The maximum absolute atomic E-state index is 6.04. The van der Waals surface area contributed by atoms with Crippen LogP contribution in [0.2, 0.25) is 5.02 Å². The number of thiocarbonyl (C=S) groups is 1. The maximum Gasteiger partial charge on any atom is 0.173 e. The summed E-state index contributed by atoms with van der Waals surface area (Å²) in [7, 11) is 0. The number of likely N-dealkylation sites (tertiary alicyclic amines) is 1. The minimum Gasteiger partial charge on any atom is -0.349 e. The molecule has 0 amide bonds. The lowest BCUT2D eigenvalue weighted by molar-refractivity contribution is 0.346. The van der Waals surface area contributed by atoms with Crippen molar-refractivity contribution in [2.75, 3.05) is 18.4 Å². The van der Waals surface area contributed by atoms with Crippen LogP contribution < -0.4 is 5.32 Å². The minimum absolute atomic E-state index is 0.691. The Hall–Kier alpha value is -0.320. The molecule has 1 aromatic carbocycles. The predicted octanol–water partition coefficient (Wildman–Crippen LogP) is 4.29. The number of rotatable bonds is 1. The summed E-state index contributed by atoms with van der Waals surface area (Å²) in [6, 6.07) is 5.76. The van der Waals surface area contributed by atoms with Crippen molar-refractivity contribution in [2.45, 2.75) is 19.3 Å². The van der Waals surface area contributed by atoms with E-state index in [-0.39, 0.29) is 0 Å². The van der Waals surface area contributed by atoms with E-state index >= 15 is 0 Å². The number of anilines is 1. The van der Waals surface area contributed by atoms with Crippen LogP contribution >= 0.6 is 39.7 Å². The predicted molar refractivity (Wildman–Crippen MR) is 80.8 cm³/mol. The van der Waals surface area contributed by atoms with Crippen molar-refractivity contribution in [3.8, 4) is 0 Å². The molecular formula is C12H14BrClN2S. The molecule has 92 valence electrons. The number of benzene rings is 1. The van der Waals surface area contributed by atoms with Gasteiger partial charge in [-0.3, -0.25) is 0 Å². The molecule has 2 nitrogen and oxygen atoms in total. The Balaban J connectivity index is 1.99. The fraction of sp³-hybridized carbons (Fsp3) is 0.417. The third kappa shape index (κ3) is 3.57. The molecule has 1 N–H and O–H groups in total. The van der Waals surface area contributed by atoms with Gasteiger partial charge in [0.1, 0.15) is 0 Å². The zero-order chi connectivity index (χ0) is 12.3. The number of hydrogen-bond donors (Lipinski definition) is 1. The molecule has 2 rings (SSSR count). The van der Waals surface area contributed by atoms with Gasteiger partial charge in [0.05, 0.1) is 5.02 Å². The first-order chi connectivity index (χ1) is 8.16. The van der Waals surface area contributed by atoms with Gasteiger partial charge in [0, 0.05) is 23.2 Å². The lowest BCUT2D eigenvalue weighted by Crippen LogP contribution is -2.38. The molecule has 0 saturated carbocycles. The summed E-state index contributed by atoms with van der Waals surface area (Å²) >= 11 is 14.8. The van der Waals surface area contributed by atoms with Crippen molar-refractivity contribution in [1.29, 1.82) is 0 Å². The molecule has 17 heavy (non-hydrogen) atoms. The van der Waals surface area contributed by atoms with E-state index in [0.717, 1.165) is 28.4 Å². The molecule has 1 heterocycles. The molecule has 5 heteroatoms. The highest BCUT2D eigenvalue weighted by Crippen LogP contribution is 2.25. The molecule has 0 spiro atoms. The van der Waals surface area contributed by atoms with Gasteiger partial charge in [0.2, 0.25) is 0 Å². The molecule has 1 aromatic rings. The largest absolute Gasteiger partial charge is 0.349 e. The van der Waals surface area contributed by atoms with Crippen molar-refractivity contribution < 1.29 is 0 Å². The minimum atomic E-state index is 0.691. The van der Waals surface area contributed by atoms with E-state index in [9.17, 15) is 0 Å². The van der Waals surface area contributed by atoms with Crippen LogP contribution in [0.5, 0.6) is 0 Å². The highest BCUT2D eigenvalue weighted by atomic mass is 79.9. The normalized spacial score (nSPS) is 15.8. The summed E-state index contributed by atoms with van der Waals surface area (Å²) in [6.07, 6.45) is 3.76. The van der Waals surface area contributed by atoms with E-state index < -0.39 is 0 Å². The van der Waals surface area contributed by atoms with Crippen LogP contribution in [0, 0.1) is 0 Å². The van der Waals surface area contributed by atoms with Gasteiger partial charge in [-0.1, -0.05) is 11.6 Å². The van der Waals surface area contributed by atoms with Gasteiger partial charge < -0.3 is 10.2 Å². The molecule has 0 aliphatic carbocycles. The Kier molecular flexibility index (Phi) is 4.65. The van der Waals surface area contributed by atoms with Gasteiger partial charge in [-0.15, -0.1) is 0 Å². The Morgan fingerprint density at radius 1 is 1.29 bits per heavy atom. The van der Waals surface area contributed by atoms with E-state index in [4.69, 9.17) is 23.8 Å². The molecule has 0 radical (unpaired) electrons. The third-order valence-electron chi connectivity index (χ3n) is 2.81. The van der Waals surface area contributed by atoms with Gasteiger partial charge in [-0.05, 0) is 65.6 Å². The van der Waals surface area contributed by atoms with Crippen LogP contribution in [0.15, 0.2) is 22.7 Å². The lowest BCUT2D eigenvalue weighted by atomic mass is 10.1. The molecule has 1 aliphatic heterocycles. The number of hydrogen-bond acceptors (Lipinski definition) is 1. The number of nitrogens with zero attached hydrogens (tertiary/aromatic N) is 1. The van der Waals surface area contributed by atoms with Gasteiger partial charge >= 0.3 is 0 Å². The quantitative estimate of drug-likeness (QED) is 0.772. The summed E-state index contributed by atoms with van der Waals surface area (Å²) in [5, 5.41) is 4.72. The van der Waals surface area contributed by atoms with Crippen molar-refractivity contribution >= 4 is 50.5 Å². The summed E-state index contributed by atoms with van der Waals surface area (Å²) in [5.74, 6) is 0. The Morgan fingerprint density at radius 3 is 2.65 bits per heavy atom. The van der Waals surface area contributed by atoms with Crippen molar-refractivity contribution in [2.24, 2.45) is 0 Å². The number of halogens is 2. The first-order valence-corrected chi connectivity index (χ1v) is 7.26. The Labute approximate surface area is 120 Å². The van der Waals surface area contributed by atoms with Crippen molar-refractivity contribution in [1.82, 2.24) is 4.90 Å². The standard InChI is InChI=1S/C12H14BrClN2S/c13-10-5-4-9(8-11(10)14)15-12(17)16-6-2-1-3-7-16/h4-5,8H,1-3,6-7H2,(H,15,17). The second kappa shape index (κ2) is 6.03. The molecule has 1 fully saturated rings. The van der Waals surface area contributed by atoms with E-state index in [2.05, 4.69) is 26.1 Å². The fourth-order valence-electron chi connectivity index (χ4n) is 1.87. The monoisotopic (exact) mass is 332 g/mol. The molecule has 0 aromatic heterocycles. The summed E-state index contributed by atoms with van der Waals surface area (Å²) < 4.78 is 0.897.